The Bertz CT molecular complexity index is 242. The highest BCUT2D eigenvalue weighted by atomic mass is 16.5. The van der Waals surface area contributed by atoms with E-state index in [0.717, 1.165) is 0 Å². The van der Waals surface area contributed by atoms with E-state index < -0.39 is 11.5 Å². The molecule has 5 nitrogen and oxygen atoms in total. The maximum Gasteiger partial charge on any atom is 0.332 e. The first-order valence-electron chi connectivity index (χ1n) is 5.41. The molecule has 0 saturated heterocycles. The van der Waals surface area contributed by atoms with Crippen LogP contribution < -0.4 is 0 Å². The van der Waals surface area contributed by atoms with Crippen LogP contribution in [0.4, 0.5) is 0 Å². The summed E-state index contributed by atoms with van der Waals surface area (Å²) in [7, 11) is 1.44. The number of nitrogens with zero attached hydrogens (tertiary/aromatic N) is 1. The summed E-state index contributed by atoms with van der Waals surface area (Å²) in [4.78, 5) is 23.8. The van der Waals surface area contributed by atoms with Crippen LogP contribution in [0.3, 0.4) is 0 Å². The number of carboxylic acid groups (broad SMARTS) is 1. The van der Waals surface area contributed by atoms with Crippen molar-refractivity contribution in [2.75, 3.05) is 20.3 Å². The molecule has 0 radical (unpaired) electrons. The molecule has 1 unspecified atom stereocenters. The number of carbonyl (C=O) groups is 2. The van der Waals surface area contributed by atoms with Gasteiger partial charge in [-0.1, -0.05) is 20.8 Å². The van der Waals surface area contributed by atoms with Gasteiger partial charge in [-0.15, -0.1) is 0 Å². The highest BCUT2D eigenvalue weighted by molar-refractivity contribution is 5.82. The first kappa shape index (κ1) is 14.9. The number of methoxy groups -OCH3 is 1. The van der Waals surface area contributed by atoms with Gasteiger partial charge >= 0.3 is 5.97 Å². The van der Waals surface area contributed by atoms with Crippen LogP contribution in [-0.2, 0) is 14.3 Å². The van der Waals surface area contributed by atoms with Crippen molar-refractivity contribution in [2.24, 2.45) is 5.92 Å². The highest BCUT2D eigenvalue weighted by Crippen LogP contribution is 2.25. The number of hydrogen-bond donors (Lipinski definition) is 1. The van der Waals surface area contributed by atoms with Crippen molar-refractivity contribution in [2.45, 2.75) is 32.7 Å². The van der Waals surface area contributed by atoms with E-state index in [1.807, 2.05) is 6.92 Å². The lowest BCUT2D eigenvalue weighted by molar-refractivity contribution is -0.163. The van der Waals surface area contributed by atoms with E-state index in [1.165, 1.54) is 12.0 Å². The van der Waals surface area contributed by atoms with Gasteiger partial charge in [0.2, 0.25) is 6.41 Å². The molecule has 0 rings (SSSR count). The average molecular weight is 231 g/mol. The third-order valence-corrected chi connectivity index (χ3v) is 2.79. The zero-order valence-electron chi connectivity index (χ0n) is 10.4. The fourth-order valence-corrected chi connectivity index (χ4v) is 1.82. The van der Waals surface area contributed by atoms with Crippen LogP contribution in [0.15, 0.2) is 0 Å². The maximum atomic E-state index is 11.4. The van der Waals surface area contributed by atoms with E-state index in [1.54, 1.807) is 13.8 Å². The second kappa shape index (κ2) is 6.48. The Labute approximate surface area is 96.4 Å². The summed E-state index contributed by atoms with van der Waals surface area (Å²) in [6, 6.07) is 0. The number of ether oxygens (including phenoxy) is 1. The van der Waals surface area contributed by atoms with Crippen molar-refractivity contribution in [3.63, 3.8) is 0 Å². The summed E-state index contributed by atoms with van der Waals surface area (Å²) < 4.78 is 4.98. The molecule has 94 valence electrons. The quantitative estimate of drug-likeness (QED) is 0.632. The molecule has 5 heteroatoms. The molecule has 0 aliphatic carbocycles. The predicted molar refractivity (Wildman–Crippen MR) is 60.1 cm³/mol. The molecular formula is C11H21NO4. The summed E-state index contributed by atoms with van der Waals surface area (Å²) in [5, 5.41) is 9.37. The monoisotopic (exact) mass is 231 g/mol. The van der Waals surface area contributed by atoms with E-state index in [-0.39, 0.29) is 12.5 Å². The Morgan fingerprint density at radius 1 is 1.56 bits per heavy atom. The van der Waals surface area contributed by atoms with Crippen molar-refractivity contribution in [3.8, 4) is 0 Å². The molecular weight excluding hydrogens is 210 g/mol. The van der Waals surface area contributed by atoms with Gasteiger partial charge in [-0.05, 0) is 12.3 Å². The summed E-state index contributed by atoms with van der Waals surface area (Å²) in [6.07, 6.45) is 1.31. The lowest BCUT2D eigenvalue weighted by atomic mass is 9.85. The van der Waals surface area contributed by atoms with E-state index >= 15 is 0 Å². The number of amides is 1. The van der Waals surface area contributed by atoms with Gasteiger partial charge in [0.15, 0.2) is 5.54 Å². The van der Waals surface area contributed by atoms with Gasteiger partial charge in [-0.25, -0.2) is 4.79 Å². The lowest BCUT2D eigenvalue weighted by Crippen LogP contribution is -2.61. The van der Waals surface area contributed by atoms with E-state index in [2.05, 4.69) is 0 Å². The standard InChI is InChI=1S/C11H21NO4/c1-5-6-12(8-13)11(7-16-4,9(2)3)10(14)15/h8-9H,5-7H2,1-4H3,(H,14,15). The Hall–Kier alpha value is -1.10. The number of hydrogen-bond acceptors (Lipinski definition) is 3. The molecule has 0 aromatic heterocycles. The first-order valence-corrected chi connectivity index (χ1v) is 5.41. The minimum Gasteiger partial charge on any atom is -0.479 e. The van der Waals surface area contributed by atoms with Crippen molar-refractivity contribution in [1.29, 1.82) is 0 Å². The molecule has 0 fully saturated rings. The molecule has 0 bridgehead atoms. The van der Waals surface area contributed by atoms with Gasteiger partial charge in [0.1, 0.15) is 0 Å². The summed E-state index contributed by atoms with van der Waals surface area (Å²) >= 11 is 0. The zero-order valence-corrected chi connectivity index (χ0v) is 10.4. The number of aliphatic carboxylic acids is 1. The minimum atomic E-state index is -1.27. The van der Waals surface area contributed by atoms with Crippen LogP contribution in [0, 0.1) is 5.92 Å². The minimum absolute atomic E-state index is 0.00125. The second-order valence-electron chi connectivity index (χ2n) is 4.12. The molecule has 0 spiro atoms. The van der Waals surface area contributed by atoms with E-state index in [4.69, 9.17) is 4.74 Å². The van der Waals surface area contributed by atoms with Crippen LogP contribution in [0.5, 0.6) is 0 Å². The topological polar surface area (TPSA) is 66.8 Å². The van der Waals surface area contributed by atoms with Gasteiger partial charge in [0.05, 0.1) is 6.61 Å². The fraction of sp³-hybridized carbons (Fsp3) is 0.818. The third kappa shape index (κ3) is 2.72. The fourth-order valence-electron chi connectivity index (χ4n) is 1.82. The molecule has 0 heterocycles. The Morgan fingerprint density at radius 2 is 2.12 bits per heavy atom. The second-order valence-corrected chi connectivity index (χ2v) is 4.12. The molecule has 0 aromatic rings. The third-order valence-electron chi connectivity index (χ3n) is 2.79. The summed E-state index contributed by atoms with van der Waals surface area (Å²) in [5.74, 6) is -1.24. The molecule has 0 saturated carbocycles. The average Bonchev–Trinajstić information content (AvgIpc) is 2.22. The largest absolute Gasteiger partial charge is 0.479 e. The lowest BCUT2D eigenvalue weighted by Gasteiger charge is -2.40. The SMILES string of the molecule is CCCN(C=O)C(COC)(C(=O)O)C(C)C. The summed E-state index contributed by atoms with van der Waals surface area (Å²) in [5.41, 5.74) is -1.27. The van der Waals surface area contributed by atoms with Gasteiger partial charge in [0.25, 0.3) is 0 Å². The Balaban J connectivity index is 5.28. The molecule has 1 N–H and O–H groups in total. The van der Waals surface area contributed by atoms with Crippen molar-refractivity contribution < 1.29 is 19.4 Å². The molecule has 16 heavy (non-hydrogen) atoms. The smallest absolute Gasteiger partial charge is 0.332 e. The van der Waals surface area contributed by atoms with Gasteiger partial charge < -0.3 is 14.7 Å². The van der Waals surface area contributed by atoms with Crippen LogP contribution in [0.1, 0.15) is 27.2 Å². The number of carbonyl (C=O) groups excluding carboxylic acids is 1. The Morgan fingerprint density at radius 3 is 2.38 bits per heavy atom. The van der Waals surface area contributed by atoms with Gasteiger partial charge in [0, 0.05) is 13.7 Å². The summed E-state index contributed by atoms with van der Waals surface area (Å²) in [6.45, 7) is 5.87. The normalized spacial score (nSPS) is 14.6. The first-order chi connectivity index (χ1) is 7.47. The van der Waals surface area contributed by atoms with E-state index in [0.29, 0.717) is 19.4 Å². The van der Waals surface area contributed by atoms with Crippen LogP contribution in [0.25, 0.3) is 0 Å². The molecule has 0 aliphatic rings. The molecule has 1 amide bonds. The predicted octanol–water partition coefficient (Wildman–Crippen LogP) is 0.981. The van der Waals surface area contributed by atoms with Gasteiger partial charge in [-0.3, -0.25) is 4.79 Å². The maximum absolute atomic E-state index is 11.4. The van der Waals surface area contributed by atoms with Crippen molar-refractivity contribution in [3.05, 3.63) is 0 Å². The van der Waals surface area contributed by atoms with Crippen LogP contribution in [-0.4, -0.2) is 48.2 Å². The van der Waals surface area contributed by atoms with Crippen LogP contribution >= 0.6 is 0 Å². The van der Waals surface area contributed by atoms with Crippen LogP contribution in [0.2, 0.25) is 0 Å². The van der Waals surface area contributed by atoms with E-state index in [9.17, 15) is 14.7 Å². The zero-order chi connectivity index (χ0) is 12.8. The number of carboxylic acids is 1. The molecule has 0 aliphatic heterocycles. The number of rotatable bonds is 8. The van der Waals surface area contributed by atoms with Crippen molar-refractivity contribution in [1.82, 2.24) is 4.90 Å². The Kier molecular flexibility index (Phi) is 6.03. The molecule has 0 aromatic carbocycles. The van der Waals surface area contributed by atoms with Crippen molar-refractivity contribution >= 4 is 12.4 Å². The van der Waals surface area contributed by atoms with Gasteiger partial charge in [-0.2, -0.15) is 0 Å². The molecule has 1 atom stereocenters. The highest BCUT2D eigenvalue weighted by Gasteiger charge is 2.46.